The molecule has 2 aromatic heterocycles. The van der Waals surface area contributed by atoms with Crippen LogP contribution in [0.25, 0.3) is 0 Å². The minimum Gasteiger partial charge on any atom is -0.335 e. The summed E-state index contributed by atoms with van der Waals surface area (Å²) in [7, 11) is 0. The van der Waals surface area contributed by atoms with Crippen LogP contribution in [-0.2, 0) is 12.8 Å². The molecule has 1 aliphatic carbocycles. The fourth-order valence-corrected chi connectivity index (χ4v) is 4.09. The number of likely N-dealkylation sites (tertiary alicyclic amines) is 1. The molecule has 2 aliphatic rings. The Hall–Kier alpha value is -2.11. The van der Waals surface area contributed by atoms with Gasteiger partial charge in [-0.2, -0.15) is 5.10 Å². The molecule has 1 aliphatic heterocycles. The molecule has 128 valence electrons. The van der Waals surface area contributed by atoms with Crippen molar-refractivity contribution in [2.24, 2.45) is 0 Å². The third-order valence-corrected chi connectivity index (χ3v) is 5.30. The van der Waals surface area contributed by atoms with Crippen molar-refractivity contribution in [3.05, 3.63) is 35.2 Å². The summed E-state index contributed by atoms with van der Waals surface area (Å²) in [6, 6.07) is 0.314. The maximum atomic E-state index is 13.0. The molecule has 0 bridgehead atoms. The lowest BCUT2D eigenvalue weighted by molar-refractivity contribution is 0.0670. The molecule has 1 N–H and O–H groups in total. The van der Waals surface area contributed by atoms with Gasteiger partial charge in [0, 0.05) is 42.7 Å². The van der Waals surface area contributed by atoms with Crippen LogP contribution in [0.3, 0.4) is 0 Å². The Morgan fingerprint density at radius 3 is 3.04 bits per heavy atom. The number of aromatic nitrogens is 4. The number of piperidine rings is 1. The summed E-state index contributed by atoms with van der Waals surface area (Å²) < 4.78 is 2.26. The second-order valence-electron chi connectivity index (χ2n) is 7.28. The predicted molar refractivity (Wildman–Crippen MR) is 91.1 cm³/mol. The average molecular weight is 327 g/mol. The normalized spacial score (nSPS) is 20.6. The van der Waals surface area contributed by atoms with Gasteiger partial charge in [-0.1, -0.05) is 13.8 Å². The van der Waals surface area contributed by atoms with E-state index in [9.17, 15) is 4.79 Å². The first kappa shape index (κ1) is 15.4. The molecular formula is C18H25N5O. The summed E-state index contributed by atoms with van der Waals surface area (Å²) in [4.78, 5) is 19.5. The van der Waals surface area contributed by atoms with Gasteiger partial charge in [0.25, 0.3) is 5.91 Å². The Kier molecular flexibility index (Phi) is 3.90. The molecule has 24 heavy (non-hydrogen) atoms. The van der Waals surface area contributed by atoms with E-state index >= 15 is 0 Å². The van der Waals surface area contributed by atoms with Crippen LogP contribution in [0, 0.1) is 0 Å². The van der Waals surface area contributed by atoms with E-state index < -0.39 is 0 Å². The zero-order valence-electron chi connectivity index (χ0n) is 14.5. The van der Waals surface area contributed by atoms with Crippen molar-refractivity contribution in [3.63, 3.8) is 0 Å². The molecule has 1 fully saturated rings. The van der Waals surface area contributed by atoms with Gasteiger partial charge in [-0.3, -0.25) is 9.89 Å². The van der Waals surface area contributed by atoms with E-state index in [0.29, 0.717) is 17.7 Å². The second-order valence-corrected chi connectivity index (χ2v) is 7.28. The van der Waals surface area contributed by atoms with Crippen LogP contribution in [0.15, 0.2) is 12.4 Å². The molecule has 3 heterocycles. The summed E-state index contributed by atoms with van der Waals surface area (Å²) >= 11 is 0. The highest BCUT2D eigenvalue weighted by Crippen LogP contribution is 2.28. The Balaban J connectivity index is 1.54. The van der Waals surface area contributed by atoms with E-state index in [1.165, 1.54) is 0 Å². The standard InChI is InChI=1S/C18H25N5O/c1-12(2)17-19-8-10-23(17)13-5-4-9-22(11-13)18(24)16-14-6-3-7-15(14)20-21-16/h8,10,12-13H,3-7,9,11H2,1-2H3,(H,20,21)/t13-/m1/s1. The second kappa shape index (κ2) is 6.07. The molecule has 0 unspecified atom stereocenters. The topological polar surface area (TPSA) is 66.8 Å². The molecule has 4 rings (SSSR count). The molecule has 1 amide bonds. The fourth-order valence-electron chi connectivity index (χ4n) is 4.09. The van der Waals surface area contributed by atoms with Crippen molar-refractivity contribution in [2.45, 2.75) is 57.9 Å². The SMILES string of the molecule is CC(C)c1nccn1[C@@H]1CCCN(C(=O)c2n[nH]c3c2CCC3)C1. The van der Waals surface area contributed by atoms with E-state index in [1.54, 1.807) is 0 Å². The number of amides is 1. The number of rotatable bonds is 3. The molecule has 0 saturated carbocycles. The number of aryl methyl sites for hydroxylation is 1. The number of carbonyl (C=O) groups is 1. The van der Waals surface area contributed by atoms with E-state index in [-0.39, 0.29) is 5.91 Å². The van der Waals surface area contributed by atoms with Gasteiger partial charge in [-0.05, 0) is 32.1 Å². The highest BCUT2D eigenvalue weighted by molar-refractivity contribution is 5.94. The van der Waals surface area contributed by atoms with Gasteiger partial charge in [0.1, 0.15) is 5.82 Å². The summed E-state index contributed by atoms with van der Waals surface area (Å²) in [6.07, 6.45) is 9.17. The van der Waals surface area contributed by atoms with Crippen LogP contribution in [0.4, 0.5) is 0 Å². The van der Waals surface area contributed by atoms with Crippen LogP contribution in [-0.4, -0.2) is 43.6 Å². The molecule has 0 aromatic carbocycles. The highest BCUT2D eigenvalue weighted by atomic mass is 16.2. The summed E-state index contributed by atoms with van der Waals surface area (Å²) in [5.41, 5.74) is 2.95. The third-order valence-electron chi connectivity index (χ3n) is 5.30. The van der Waals surface area contributed by atoms with E-state index in [2.05, 4.69) is 39.8 Å². The molecule has 6 heteroatoms. The Labute approximate surface area is 142 Å². The number of nitrogens with zero attached hydrogens (tertiary/aromatic N) is 4. The molecule has 2 aromatic rings. The fraction of sp³-hybridized carbons (Fsp3) is 0.611. The highest BCUT2D eigenvalue weighted by Gasteiger charge is 2.31. The maximum absolute atomic E-state index is 13.0. The first-order chi connectivity index (χ1) is 11.6. The number of imidazole rings is 1. The lowest BCUT2D eigenvalue weighted by Crippen LogP contribution is -2.41. The van der Waals surface area contributed by atoms with Gasteiger partial charge >= 0.3 is 0 Å². The Morgan fingerprint density at radius 1 is 1.33 bits per heavy atom. The van der Waals surface area contributed by atoms with Crippen molar-refractivity contribution < 1.29 is 4.79 Å². The molecule has 1 saturated heterocycles. The Morgan fingerprint density at radius 2 is 2.21 bits per heavy atom. The minimum absolute atomic E-state index is 0.0883. The zero-order valence-corrected chi connectivity index (χ0v) is 14.5. The molecular weight excluding hydrogens is 302 g/mol. The summed E-state index contributed by atoms with van der Waals surface area (Å²) in [6.45, 7) is 5.90. The van der Waals surface area contributed by atoms with Crippen LogP contribution < -0.4 is 0 Å². The largest absolute Gasteiger partial charge is 0.335 e. The minimum atomic E-state index is 0.0883. The van der Waals surface area contributed by atoms with Gasteiger partial charge < -0.3 is 9.47 Å². The number of hydrogen-bond donors (Lipinski definition) is 1. The third kappa shape index (κ3) is 2.54. The molecule has 1 atom stereocenters. The first-order valence-corrected chi connectivity index (χ1v) is 9.03. The van der Waals surface area contributed by atoms with Crippen LogP contribution in [0.2, 0.25) is 0 Å². The quantitative estimate of drug-likeness (QED) is 0.942. The van der Waals surface area contributed by atoms with Crippen molar-refractivity contribution in [3.8, 4) is 0 Å². The van der Waals surface area contributed by atoms with E-state index in [0.717, 1.165) is 62.3 Å². The van der Waals surface area contributed by atoms with Gasteiger partial charge in [0.05, 0.1) is 6.04 Å². The van der Waals surface area contributed by atoms with Crippen LogP contribution in [0.1, 0.15) is 72.6 Å². The van der Waals surface area contributed by atoms with Gasteiger partial charge in [0.15, 0.2) is 5.69 Å². The monoisotopic (exact) mass is 327 g/mol. The van der Waals surface area contributed by atoms with Crippen molar-refractivity contribution in [1.82, 2.24) is 24.6 Å². The average Bonchev–Trinajstić information content (AvgIpc) is 3.30. The number of aromatic amines is 1. The smallest absolute Gasteiger partial charge is 0.274 e. The van der Waals surface area contributed by atoms with Gasteiger partial charge in [-0.15, -0.1) is 0 Å². The molecule has 0 spiro atoms. The lowest BCUT2D eigenvalue weighted by Gasteiger charge is -2.34. The van der Waals surface area contributed by atoms with Crippen molar-refractivity contribution >= 4 is 5.91 Å². The summed E-state index contributed by atoms with van der Waals surface area (Å²) in [5.74, 6) is 1.58. The maximum Gasteiger partial charge on any atom is 0.274 e. The molecule has 6 nitrogen and oxygen atoms in total. The van der Waals surface area contributed by atoms with Crippen molar-refractivity contribution in [2.75, 3.05) is 13.1 Å². The number of H-pyrrole nitrogens is 1. The van der Waals surface area contributed by atoms with E-state index in [1.807, 2.05) is 11.1 Å². The van der Waals surface area contributed by atoms with Crippen LogP contribution in [0.5, 0.6) is 0 Å². The lowest BCUT2D eigenvalue weighted by atomic mass is 10.0. The van der Waals surface area contributed by atoms with Gasteiger partial charge in [0.2, 0.25) is 0 Å². The first-order valence-electron chi connectivity index (χ1n) is 9.03. The molecule has 0 radical (unpaired) electrons. The zero-order chi connectivity index (χ0) is 16.7. The predicted octanol–water partition coefficient (Wildman–Crippen LogP) is 2.70. The van der Waals surface area contributed by atoms with Crippen molar-refractivity contribution in [1.29, 1.82) is 0 Å². The number of carbonyl (C=O) groups excluding carboxylic acids is 1. The number of nitrogens with one attached hydrogen (secondary N) is 1. The van der Waals surface area contributed by atoms with Crippen LogP contribution >= 0.6 is 0 Å². The number of hydrogen-bond acceptors (Lipinski definition) is 3. The summed E-state index contributed by atoms with van der Waals surface area (Å²) in [5, 5.41) is 7.37. The Bertz CT molecular complexity index is 744. The van der Waals surface area contributed by atoms with E-state index in [4.69, 9.17) is 0 Å². The number of fused-ring (bicyclic) bond motifs is 1. The van der Waals surface area contributed by atoms with Gasteiger partial charge in [-0.25, -0.2) is 4.98 Å².